The van der Waals surface area contributed by atoms with Crippen LogP contribution in [0.25, 0.3) is 22.8 Å². The smallest absolute Gasteiger partial charge is 0.183 e. The van der Waals surface area contributed by atoms with E-state index in [1.807, 2.05) is 55.6 Å². The lowest BCUT2D eigenvalue weighted by atomic mass is 10.1. The van der Waals surface area contributed by atoms with Crippen molar-refractivity contribution in [1.29, 1.82) is 0 Å². The molecule has 3 rings (SSSR count). The van der Waals surface area contributed by atoms with Crippen molar-refractivity contribution in [2.75, 3.05) is 0 Å². The van der Waals surface area contributed by atoms with E-state index >= 15 is 0 Å². The van der Waals surface area contributed by atoms with E-state index in [0.717, 1.165) is 22.5 Å². The second-order valence-corrected chi connectivity index (χ2v) is 5.17. The molecule has 4 nitrogen and oxygen atoms in total. The first kappa shape index (κ1) is 13.8. The van der Waals surface area contributed by atoms with Gasteiger partial charge in [-0.25, -0.2) is 9.67 Å². The van der Waals surface area contributed by atoms with E-state index in [-0.39, 0.29) is 0 Å². The molecular weight excluding hydrogens is 284 g/mol. The highest BCUT2D eigenvalue weighted by Gasteiger charge is 2.13. The van der Waals surface area contributed by atoms with Crippen molar-refractivity contribution in [3.63, 3.8) is 0 Å². The number of aromatic nitrogens is 3. The summed E-state index contributed by atoms with van der Waals surface area (Å²) in [6.45, 7) is 0.503. The molecule has 21 heavy (non-hydrogen) atoms. The molecule has 0 bridgehead atoms. The minimum absolute atomic E-state index is 0.503. The fraction of sp³-hybridized carbons (Fsp3) is 0.125. The predicted molar refractivity (Wildman–Crippen MR) is 84.8 cm³/mol. The topological polar surface area (TPSA) is 56.7 Å². The molecule has 0 spiro atoms. The second-order valence-electron chi connectivity index (χ2n) is 4.77. The Kier molecular flexibility index (Phi) is 3.73. The Hall–Kier alpha value is -2.17. The first-order valence-electron chi connectivity index (χ1n) is 6.64. The second kappa shape index (κ2) is 5.68. The van der Waals surface area contributed by atoms with Crippen LogP contribution in [-0.4, -0.2) is 14.8 Å². The van der Waals surface area contributed by atoms with Gasteiger partial charge in [-0.3, -0.25) is 0 Å². The van der Waals surface area contributed by atoms with Crippen LogP contribution in [0.3, 0.4) is 0 Å². The molecule has 0 aliphatic carbocycles. The van der Waals surface area contributed by atoms with Gasteiger partial charge in [-0.05, 0) is 23.8 Å². The highest BCUT2D eigenvalue weighted by molar-refractivity contribution is 6.33. The summed E-state index contributed by atoms with van der Waals surface area (Å²) < 4.78 is 1.76. The predicted octanol–water partition coefficient (Wildman–Crippen LogP) is 3.26. The van der Waals surface area contributed by atoms with Gasteiger partial charge in [-0.15, -0.1) is 0 Å². The van der Waals surface area contributed by atoms with Crippen molar-refractivity contribution in [2.45, 2.75) is 6.54 Å². The van der Waals surface area contributed by atoms with Gasteiger partial charge in [-0.2, -0.15) is 5.10 Å². The Balaban J connectivity index is 2.08. The zero-order chi connectivity index (χ0) is 14.8. The van der Waals surface area contributed by atoms with Crippen molar-refractivity contribution in [2.24, 2.45) is 12.8 Å². The van der Waals surface area contributed by atoms with Gasteiger partial charge in [0.25, 0.3) is 0 Å². The maximum atomic E-state index is 6.21. The standard InChI is InChI=1S/C16H15ClN4/c1-21-16(12-6-4-5-11(9-12)10-18)19-15(20-21)13-7-2-3-8-14(13)17/h2-9H,10,18H2,1H3. The van der Waals surface area contributed by atoms with E-state index in [1.54, 1.807) is 4.68 Å². The lowest BCUT2D eigenvalue weighted by Gasteiger charge is -2.02. The molecule has 0 aliphatic heterocycles. The van der Waals surface area contributed by atoms with E-state index in [9.17, 15) is 0 Å². The monoisotopic (exact) mass is 298 g/mol. The molecule has 0 amide bonds. The van der Waals surface area contributed by atoms with Gasteiger partial charge in [0, 0.05) is 24.7 Å². The summed E-state index contributed by atoms with van der Waals surface area (Å²) in [6, 6.07) is 15.6. The number of hydrogen-bond donors (Lipinski definition) is 1. The Morgan fingerprint density at radius 2 is 1.95 bits per heavy atom. The van der Waals surface area contributed by atoms with Crippen LogP contribution in [0.2, 0.25) is 5.02 Å². The fourth-order valence-corrected chi connectivity index (χ4v) is 2.45. The molecule has 106 valence electrons. The molecule has 0 radical (unpaired) electrons. The molecule has 0 saturated carbocycles. The van der Waals surface area contributed by atoms with Gasteiger partial charge < -0.3 is 5.73 Å². The number of aryl methyl sites for hydroxylation is 1. The summed E-state index contributed by atoms with van der Waals surface area (Å²) in [5.41, 5.74) is 8.58. The summed E-state index contributed by atoms with van der Waals surface area (Å²) in [5.74, 6) is 1.41. The Bertz CT molecular complexity index is 779. The highest BCUT2D eigenvalue weighted by Crippen LogP contribution is 2.27. The third-order valence-electron chi connectivity index (χ3n) is 3.30. The molecule has 3 aromatic rings. The van der Waals surface area contributed by atoms with E-state index in [4.69, 9.17) is 17.3 Å². The molecule has 1 heterocycles. The van der Waals surface area contributed by atoms with Crippen LogP contribution in [0.1, 0.15) is 5.56 Å². The largest absolute Gasteiger partial charge is 0.326 e. The van der Waals surface area contributed by atoms with E-state index < -0.39 is 0 Å². The summed E-state index contributed by atoms with van der Waals surface area (Å²) in [4.78, 5) is 4.61. The summed E-state index contributed by atoms with van der Waals surface area (Å²) in [7, 11) is 1.87. The molecule has 0 atom stereocenters. The quantitative estimate of drug-likeness (QED) is 0.807. The number of hydrogen-bond acceptors (Lipinski definition) is 3. The molecule has 0 fully saturated rings. The summed E-state index contributed by atoms with van der Waals surface area (Å²) >= 11 is 6.21. The zero-order valence-electron chi connectivity index (χ0n) is 11.6. The number of nitrogens with two attached hydrogens (primary N) is 1. The minimum Gasteiger partial charge on any atom is -0.326 e. The average Bonchev–Trinajstić information content (AvgIpc) is 2.89. The molecular formula is C16H15ClN4. The van der Waals surface area contributed by atoms with Crippen LogP contribution in [-0.2, 0) is 13.6 Å². The van der Waals surface area contributed by atoms with Crippen molar-refractivity contribution in [3.8, 4) is 22.8 Å². The van der Waals surface area contributed by atoms with Crippen LogP contribution in [0.5, 0.6) is 0 Å². The van der Waals surface area contributed by atoms with Gasteiger partial charge >= 0.3 is 0 Å². The number of nitrogens with zero attached hydrogens (tertiary/aromatic N) is 3. The third kappa shape index (κ3) is 2.68. The zero-order valence-corrected chi connectivity index (χ0v) is 12.4. The molecule has 2 aromatic carbocycles. The lowest BCUT2D eigenvalue weighted by molar-refractivity contribution is 0.777. The van der Waals surface area contributed by atoms with Crippen molar-refractivity contribution in [1.82, 2.24) is 14.8 Å². The fourth-order valence-electron chi connectivity index (χ4n) is 2.23. The average molecular weight is 299 g/mol. The van der Waals surface area contributed by atoms with Crippen molar-refractivity contribution >= 4 is 11.6 Å². The molecule has 2 N–H and O–H groups in total. The Morgan fingerprint density at radius 3 is 2.71 bits per heavy atom. The third-order valence-corrected chi connectivity index (χ3v) is 3.63. The first-order valence-corrected chi connectivity index (χ1v) is 7.02. The maximum absolute atomic E-state index is 6.21. The van der Waals surface area contributed by atoms with E-state index in [1.165, 1.54) is 0 Å². The van der Waals surface area contributed by atoms with Gasteiger partial charge in [0.05, 0.1) is 5.02 Å². The lowest BCUT2D eigenvalue weighted by Crippen LogP contribution is -1.98. The normalized spacial score (nSPS) is 10.8. The maximum Gasteiger partial charge on any atom is 0.183 e. The van der Waals surface area contributed by atoms with Crippen LogP contribution >= 0.6 is 11.6 Å². The molecule has 0 aliphatic rings. The van der Waals surface area contributed by atoms with Crippen LogP contribution in [0.15, 0.2) is 48.5 Å². The molecule has 0 saturated heterocycles. The van der Waals surface area contributed by atoms with Gasteiger partial charge in [0.1, 0.15) is 0 Å². The van der Waals surface area contributed by atoms with Crippen LogP contribution in [0, 0.1) is 0 Å². The number of rotatable bonds is 3. The SMILES string of the molecule is Cn1nc(-c2ccccc2Cl)nc1-c1cccc(CN)c1. The highest BCUT2D eigenvalue weighted by atomic mass is 35.5. The molecule has 5 heteroatoms. The van der Waals surface area contributed by atoms with Gasteiger partial charge in [0.2, 0.25) is 0 Å². The molecule has 0 unspecified atom stereocenters. The van der Waals surface area contributed by atoms with E-state index in [2.05, 4.69) is 10.1 Å². The summed E-state index contributed by atoms with van der Waals surface area (Å²) in [6.07, 6.45) is 0. The van der Waals surface area contributed by atoms with Gasteiger partial charge in [-0.1, -0.05) is 41.9 Å². The Labute approximate surface area is 128 Å². The van der Waals surface area contributed by atoms with Crippen molar-refractivity contribution < 1.29 is 0 Å². The Morgan fingerprint density at radius 1 is 1.14 bits per heavy atom. The van der Waals surface area contributed by atoms with E-state index in [0.29, 0.717) is 17.4 Å². The summed E-state index contributed by atoms with van der Waals surface area (Å²) in [5, 5.41) is 5.11. The van der Waals surface area contributed by atoms with Gasteiger partial charge in [0.15, 0.2) is 11.6 Å². The van der Waals surface area contributed by atoms with Crippen LogP contribution < -0.4 is 5.73 Å². The number of benzene rings is 2. The number of halogens is 1. The van der Waals surface area contributed by atoms with Crippen molar-refractivity contribution in [3.05, 3.63) is 59.1 Å². The minimum atomic E-state index is 0.503. The molecule has 1 aromatic heterocycles. The van der Waals surface area contributed by atoms with Crippen LogP contribution in [0.4, 0.5) is 0 Å². The first-order chi connectivity index (χ1) is 10.2.